The molecular weight excluding hydrogens is 426 g/mol. The predicted octanol–water partition coefficient (Wildman–Crippen LogP) is 4.04. The minimum Gasteiger partial charge on any atom is -0.496 e. The van der Waals surface area contributed by atoms with Crippen molar-refractivity contribution in [3.8, 4) is 5.75 Å². The number of aryl methyl sites for hydroxylation is 1. The highest BCUT2D eigenvalue weighted by Crippen LogP contribution is 2.30. The van der Waals surface area contributed by atoms with Gasteiger partial charge in [0.2, 0.25) is 5.91 Å². The first kappa shape index (κ1) is 23.8. The van der Waals surface area contributed by atoms with Crippen LogP contribution in [-0.4, -0.2) is 60.8 Å². The maximum absolute atomic E-state index is 13.2. The molecule has 0 spiro atoms. The zero-order valence-corrected chi connectivity index (χ0v) is 20.2. The van der Waals surface area contributed by atoms with E-state index >= 15 is 0 Å². The molecule has 172 valence electrons. The van der Waals surface area contributed by atoms with E-state index in [0.717, 1.165) is 5.56 Å². The maximum Gasteiger partial charge on any atom is 0.264 e. The summed E-state index contributed by atoms with van der Waals surface area (Å²) in [5, 5.41) is 3.58. The van der Waals surface area contributed by atoms with Gasteiger partial charge in [-0.2, -0.15) is 0 Å². The van der Waals surface area contributed by atoms with Gasteiger partial charge >= 0.3 is 0 Å². The van der Waals surface area contributed by atoms with Crippen LogP contribution < -0.4 is 10.1 Å². The molecule has 3 amide bonds. The van der Waals surface area contributed by atoms with Crippen molar-refractivity contribution in [3.05, 3.63) is 46.3 Å². The van der Waals surface area contributed by atoms with E-state index in [9.17, 15) is 14.4 Å². The molecule has 1 aromatic carbocycles. The molecule has 1 fully saturated rings. The van der Waals surface area contributed by atoms with Crippen LogP contribution in [0, 0.1) is 12.3 Å². The smallest absolute Gasteiger partial charge is 0.264 e. The highest BCUT2D eigenvalue weighted by molar-refractivity contribution is 7.18. The fourth-order valence-electron chi connectivity index (χ4n) is 3.51. The second-order valence-corrected chi connectivity index (χ2v) is 10.0. The van der Waals surface area contributed by atoms with Crippen molar-refractivity contribution in [2.45, 2.75) is 34.1 Å². The van der Waals surface area contributed by atoms with Crippen LogP contribution in [0.4, 0.5) is 5.00 Å². The third kappa shape index (κ3) is 5.30. The number of ether oxygens (including phenoxy) is 1. The van der Waals surface area contributed by atoms with Gasteiger partial charge in [0.15, 0.2) is 0 Å². The molecule has 1 saturated heterocycles. The number of amides is 3. The normalized spacial score (nSPS) is 14.7. The molecule has 0 atom stereocenters. The maximum atomic E-state index is 13.2. The Labute approximate surface area is 193 Å². The number of para-hydroxylation sites is 1. The Hall–Kier alpha value is -2.87. The quantitative estimate of drug-likeness (QED) is 0.752. The summed E-state index contributed by atoms with van der Waals surface area (Å²) in [6.07, 6.45) is 0.699. The number of benzene rings is 1. The summed E-state index contributed by atoms with van der Waals surface area (Å²) < 4.78 is 5.33. The largest absolute Gasteiger partial charge is 0.496 e. The SMILES string of the molecule is COc1ccccc1C(=O)N1CCCN(C(=O)c2sc(NC(=O)C(C)(C)C)cc2C)CC1. The average Bonchev–Trinajstić information content (AvgIpc) is 2.96. The lowest BCUT2D eigenvalue weighted by molar-refractivity contribution is -0.123. The monoisotopic (exact) mass is 457 g/mol. The number of thiophene rings is 1. The first-order valence-corrected chi connectivity index (χ1v) is 11.6. The summed E-state index contributed by atoms with van der Waals surface area (Å²) >= 11 is 1.30. The lowest BCUT2D eigenvalue weighted by Gasteiger charge is -2.23. The van der Waals surface area contributed by atoms with Crippen LogP contribution in [0.25, 0.3) is 0 Å². The number of nitrogens with one attached hydrogen (secondary N) is 1. The summed E-state index contributed by atoms with van der Waals surface area (Å²) in [5.74, 6) is 0.318. The van der Waals surface area contributed by atoms with E-state index in [1.807, 2.05) is 45.9 Å². The lowest BCUT2D eigenvalue weighted by atomic mass is 9.96. The standard InChI is InChI=1S/C24H31N3O4S/c1-16-15-19(25-23(30)24(2,3)4)32-20(16)22(29)27-12-8-11-26(13-14-27)21(28)17-9-6-7-10-18(17)31-5/h6-7,9-10,15H,8,11-14H2,1-5H3,(H,25,30). The average molecular weight is 458 g/mol. The number of hydrogen-bond acceptors (Lipinski definition) is 5. The number of rotatable bonds is 4. The molecule has 0 saturated carbocycles. The van der Waals surface area contributed by atoms with Crippen LogP contribution in [0.3, 0.4) is 0 Å². The summed E-state index contributed by atoms with van der Waals surface area (Å²) in [4.78, 5) is 42.7. The van der Waals surface area contributed by atoms with E-state index in [2.05, 4.69) is 5.32 Å². The Bertz CT molecular complexity index is 1010. The Morgan fingerprint density at radius 2 is 1.62 bits per heavy atom. The Morgan fingerprint density at radius 3 is 2.25 bits per heavy atom. The molecule has 1 aromatic heterocycles. The van der Waals surface area contributed by atoms with Crippen molar-refractivity contribution in [1.82, 2.24) is 9.80 Å². The summed E-state index contributed by atoms with van der Waals surface area (Å²) in [6, 6.07) is 9.03. The van der Waals surface area contributed by atoms with Crippen molar-refractivity contribution in [2.75, 3.05) is 38.6 Å². The highest BCUT2D eigenvalue weighted by atomic mass is 32.1. The van der Waals surface area contributed by atoms with E-state index in [1.54, 1.807) is 29.0 Å². The van der Waals surface area contributed by atoms with Gasteiger partial charge in [0.25, 0.3) is 11.8 Å². The van der Waals surface area contributed by atoms with E-state index in [1.165, 1.54) is 11.3 Å². The van der Waals surface area contributed by atoms with Crippen LogP contribution in [0.15, 0.2) is 30.3 Å². The van der Waals surface area contributed by atoms with Crippen molar-refractivity contribution in [1.29, 1.82) is 0 Å². The first-order chi connectivity index (χ1) is 15.1. The number of hydrogen-bond donors (Lipinski definition) is 1. The third-order valence-corrected chi connectivity index (χ3v) is 6.58. The van der Waals surface area contributed by atoms with Gasteiger partial charge in [-0.1, -0.05) is 32.9 Å². The van der Waals surface area contributed by atoms with Gasteiger partial charge in [-0.15, -0.1) is 11.3 Å². The van der Waals surface area contributed by atoms with E-state index in [-0.39, 0.29) is 17.7 Å². The summed E-state index contributed by atoms with van der Waals surface area (Å²) in [5.41, 5.74) is 0.864. The molecule has 0 aliphatic carbocycles. The van der Waals surface area contributed by atoms with Crippen LogP contribution >= 0.6 is 11.3 Å². The number of anilines is 1. The number of carbonyl (C=O) groups excluding carboxylic acids is 3. The fourth-order valence-corrected chi connectivity index (χ4v) is 4.55. The molecule has 1 N–H and O–H groups in total. The van der Waals surface area contributed by atoms with Gasteiger partial charge in [0.1, 0.15) is 5.75 Å². The van der Waals surface area contributed by atoms with Crippen LogP contribution in [0.1, 0.15) is 52.8 Å². The van der Waals surface area contributed by atoms with E-state index in [0.29, 0.717) is 53.8 Å². The molecular formula is C24H31N3O4S. The van der Waals surface area contributed by atoms with Gasteiger partial charge in [-0.3, -0.25) is 14.4 Å². The molecule has 7 nitrogen and oxygen atoms in total. The Kier molecular flexibility index (Phi) is 7.23. The molecule has 8 heteroatoms. The zero-order chi connectivity index (χ0) is 23.5. The molecule has 1 aliphatic rings. The van der Waals surface area contributed by atoms with E-state index in [4.69, 9.17) is 4.74 Å². The number of carbonyl (C=O) groups is 3. The fraction of sp³-hybridized carbons (Fsp3) is 0.458. The molecule has 0 radical (unpaired) electrons. The van der Waals surface area contributed by atoms with Gasteiger partial charge in [0.05, 0.1) is 22.6 Å². The number of methoxy groups -OCH3 is 1. The molecule has 1 aliphatic heterocycles. The van der Waals surface area contributed by atoms with Crippen molar-refractivity contribution in [2.24, 2.45) is 5.41 Å². The van der Waals surface area contributed by atoms with Crippen LogP contribution in [0.5, 0.6) is 5.75 Å². The second kappa shape index (κ2) is 9.73. The summed E-state index contributed by atoms with van der Waals surface area (Å²) in [6.45, 7) is 9.51. The van der Waals surface area contributed by atoms with Gasteiger partial charge < -0.3 is 19.9 Å². The topological polar surface area (TPSA) is 79.0 Å². The van der Waals surface area contributed by atoms with E-state index < -0.39 is 5.41 Å². The van der Waals surface area contributed by atoms with Crippen molar-refractivity contribution in [3.63, 3.8) is 0 Å². The van der Waals surface area contributed by atoms with Crippen molar-refractivity contribution >= 4 is 34.1 Å². The molecule has 0 bridgehead atoms. The van der Waals surface area contributed by atoms with Gasteiger partial charge in [0, 0.05) is 31.6 Å². The van der Waals surface area contributed by atoms with Gasteiger partial charge in [-0.05, 0) is 37.1 Å². The molecule has 32 heavy (non-hydrogen) atoms. The Morgan fingerprint density at radius 1 is 1.00 bits per heavy atom. The molecule has 0 unspecified atom stereocenters. The van der Waals surface area contributed by atoms with Crippen molar-refractivity contribution < 1.29 is 19.1 Å². The molecule has 2 aromatic rings. The van der Waals surface area contributed by atoms with Crippen LogP contribution in [-0.2, 0) is 4.79 Å². The summed E-state index contributed by atoms with van der Waals surface area (Å²) in [7, 11) is 1.55. The second-order valence-electron chi connectivity index (χ2n) is 8.97. The predicted molar refractivity (Wildman–Crippen MR) is 127 cm³/mol. The third-order valence-electron chi connectivity index (χ3n) is 5.44. The Balaban J connectivity index is 1.68. The minimum absolute atomic E-state index is 0.0599. The first-order valence-electron chi connectivity index (χ1n) is 10.7. The zero-order valence-electron chi connectivity index (χ0n) is 19.4. The molecule has 3 rings (SSSR count). The lowest BCUT2D eigenvalue weighted by Crippen LogP contribution is -2.37. The van der Waals surface area contributed by atoms with Crippen LogP contribution in [0.2, 0.25) is 0 Å². The number of nitrogens with zero attached hydrogens (tertiary/aromatic N) is 2. The highest BCUT2D eigenvalue weighted by Gasteiger charge is 2.27. The van der Waals surface area contributed by atoms with Gasteiger partial charge in [-0.25, -0.2) is 0 Å². The minimum atomic E-state index is -0.510. The molecule has 2 heterocycles.